The highest BCUT2D eigenvalue weighted by atomic mass is 35.5. The minimum atomic E-state index is -0.506. The first-order valence-corrected chi connectivity index (χ1v) is 7.67. The van der Waals surface area contributed by atoms with Crippen LogP contribution in [-0.4, -0.2) is 10.0 Å². The van der Waals surface area contributed by atoms with E-state index in [9.17, 15) is 15.2 Å². The van der Waals surface area contributed by atoms with E-state index >= 15 is 0 Å². The maximum Gasteiger partial charge on any atom is 0.270 e. The topological polar surface area (TPSA) is 63.4 Å². The van der Waals surface area contributed by atoms with Crippen molar-refractivity contribution in [1.82, 2.24) is 0 Å². The number of aliphatic hydroxyl groups is 1. The molecule has 6 heteroatoms. The number of aliphatic hydroxyl groups excluding tert-OH is 1. The van der Waals surface area contributed by atoms with E-state index in [1.165, 1.54) is 12.1 Å². The van der Waals surface area contributed by atoms with Crippen molar-refractivity contribution in [3.05, 3.63) is 68.7 Å². The summed E-state index contributed by atoms with van der Waals surface area (Å²) in [5.74, 6) is 0.611. The van der Waals surface area contributed by atoms with E-state index in [-0.39, 0.29) is 5.69 Å². The number of nitro benzene ring substituents is 1. The summed E-state index contributed by atoms with van der Waals surface area (Å²) in [6.07, 6.45) is -0.506. The summed E-state index contributed by atoms with van der Waals surface area (Å²) in [7, 11) is 0. The number of rotatable bonds is 5. The molecule has 4 nitrogen and oxygen atoms in total. The van der Waals surface area contributed by atoms with Crippen molar-refractivity contribution >= 4 is 29.1 Å². The van der Waals surface area contributed by atoms with E-state index in [0.717, 1.165) is 16.0 Å². The predicted octanol–water partition coefficient (Wildman–Crippen LogP) is 4.59. The highest BCUT2D eigenvalue weighted by molar-refractivity contribution is 7.98. The molecule has 0 amide bonds. The molecule has 1 unspecified atom stereocenters. The van der Waals surface area contributed by atoms with Crippen LogP contribution in [0.2, 0.25) is 5.02 Å². The second kappa shape index (κ2) is 6.93. The highest BCUT2D eigenvalue weighted by Gasteiger charge is 2.10. The molecule has 2 aromatic rings. The average molecular weight is 324 g/mol. The number of halogens is 1. The monoisotopic (exact) mass is 323 g/mol. The summed E-state index contributed by atoms with van der Waals surface area (Å²) in [5.41, 5.74) is 1.69. The SMILES string of the molecule is CC(O)c1cccc(SCc2ccc([N+](=O)[O-])cc2Cl)c1. The third-order valence-electron chi connectivity index (χ3n) is 2.98. The molecule has 2 aromatic carbocycles. The molecule has 0 saturated heterocycles. The van der Waals surface area contributed by atoms with Gasteiger partial charge in [-0.1, -0.05) is 23.7 Å². The number of nitrogens with zero attached hydrogens (tertiary/aromatic N) is 1. The van der Waals surface area contributed by atoms with Crippen molar-refractivity contribution in [2.45, 2.75) is 23.7 Å². The van der Waals surface area contributed by atoms with Crippen molar-refractivity contribution < 1.29 is 10.0 Å². The van der Waals surface area contributed by atoms with Crippen LogP contribution in [0.4, 0.5) is 5.69 Å². The molecule has 0 aliphatic rings. The molecule has 110 valence electrons. The Bertz CT molecular complexity index is 661. The number of non-ortho nitro benzene ring substituents is 1. The van der Waals surface area contributed by atoms with Gasteiger partial charge < -0.3 is 5.11 Å². The molecule has 0 aliphatic carbocycles. The Kier molecular flexibility index (Phi) is 5.22. The van der Waals surface area contributed by atoms with Crippen LogP contribution in [0.5, 0.6) is 0 Å². The quantitative estimate of drug-likeness (QED) is 0.496. The molecule has 0 radical (unpaired) electrons. The van der Waals surface area contributed by atoms with Crippen LogP contribution in [0.25, 0.3) is 0 Å². The lowest BCUT2D eigenvalue weighted by atomic mass is 10.1. The fourth-order valence-corrected chi connectivity index (χ4v) is 3.08. The third-order valence-corrected chi connectivity index (χ3v) is 4.38. The van der Waals surface area contributed by atoms with Gasteiger partial charge in [-0.15, -0.1) is 11.8 Å². The predicted molar refractivity (Wildman–Crippen MR) is 84.7 cm³/mol. The Hall–Kier alpha value is -1.56. The molecule has 1 atom stereocenters. The van der Waals surface area contributed by atoms with Gasteiger partial charge in [0.15, 0.2) is 0 Å². The average Bonchev–Trinajstić information content (AvgIpc) is 2.46. The van der Waals surface area contributed by atoms with E-state index in [1.807, 2.05) is 24.3 Å². The van der Waals surface area contributed by atoms with Crippen LogP contribution in [-0.2, 0) is 5.75 Å². The smallest absolute Gasteiger partial charge is 0.270 e. The van der Waals surface area contributed by atoms with Gasteiger partial charge in [-0.3, -0.25) is 10.1 Å². The summed E-state index contributed by atoms with van der Waals surface area (Å²) in [6, 6.07) is 12.1. The zero-order valence-corrected chi connectivity index (χ0v) is 12.9. The van der Waals surface area contributed by atoms with Crippen molar-refractivity contribution in [3.63, 3.8) is 0 Å². The van der Waals surface area contributed by atoms with E-state index < -0.39 is 11.0 Å². The Labute approximate surface area is 131 Å². The van der Waals surface area contributed by atoms with Gasteiger partial charge in [-0.25, -0.2) is 0 Å². The van der Waals surface area contributed by atoms with E-state index in [0.29, 0.717) is 10.8 Å². The number of benzene rings is 2. The summed E-state index contributed by atoms with van der Waals surface area (Å²) in [4.78, 5) is 11.2. The Morgan fingerprint density at radius 3 is 2.71 bits per heavy atom. The fraction of sp³-hybridized carbons (Fsp3) is 0.200. The lowest BCUT2D eigenvalue weighted by Crippen LogP contribution is -1.91. The molecule has 0 bridgehead atoms. The van der Waals surface area contributed by atoms with Gasteiger partial charge in [0.05, 0.1) is 16.0 Å². The summed E-state index contributed by atoms with van der Waals surface area (Å²) in [6.45, 7) is 1.72. The number of thioether (sulfide) groups is 1. The van der Waals surface area contributed by atoms with Crippen molar-refractivity contribution in [3.8, 4) is 0 Å². The maximum atomic E-state index is 10.7. The molecule has 2 rings (SSSR count). The minimum Gasteiger partial charge on any atom is -0.389 e. The molecule has 0 heterocycles. The molecule has 0 spiro atoms. The number of nitro groups is 1. The third kappa shape index (κ3) is 4.20. The zero-order valence-electron chi connectivity index (χ0n) is 11.3. The highest BCUT2D eigenvalue weighted by Crippen LogP contribution is 2.30. The molecular weight excluding hydrogens is 310 g/mol. The lowest BCUT2D eigenvalue weighted by molar-refractivity contribution is -0.384. The summed E-state index contributed by atoms with van der Waals surface area (Å²) in [5, 5.41) is 20.6. The summed E-state index contributed by atoms with van der Waals surface area (Å²) < 4.78 is 0. The van der Waals surface area contributed by atoms with E-state index in [4.69, 9.17) is 11.6 Å². The standard InChI is InChI=1S/C15H14ClNO3S/c1-10(18)11-3-2-4-14(7-11)21-9-12-5-6-13(17(19)20)8-15(12)16/h2-8,10,18H,9H2,1H3. The number of hydrogen-bond donors (Lipinski definition) is 1. The van der Waals surface area contributed by atoms with Gasteiger partial charge in [0, 0.05) is 22.8 Å². The molecular formula is C15H14ClNO3S. The first-order valence-electron chi connectivity index (χ1n) is 6.31. The van der Waals surface area contributed by atoms with Gasteiger partial charge in [-0.05, 0) is 36.2 Å². The van der Waals surface area contributed by atoms with E-state index in [2.05, 4.69) is 0 Å². The Balaban J connectivity index is 2.09. The molecule has 21 heavy (non-hydrogen) atoms. The van der Waals surface area contributed by atoms with Crippen molar-refractivity contribution in [2.75, 3.05) is 0 Å². The van der Waals surface area contributed by atoms with Gasteiger partial charge in [0.1, 0.15) is 0 Å². The molecule has 0 aromatic heterocycles. The van der Waals surface area contributed by atoms with Gasteiger partial charge in [-0.2, -0.15) is 0 Å². The van der Waals surface area contributed by atoms with Gasteiger partial charge in [0.25, 0.3) is 5.69 Å². The van der Waals surface area contributed by atoms with Crippen LogP contribution in [0, 0.1) is 10.1 Å². The fourth-order valence-electron chi connectivity index (χ4n) is 1.79. The minimum absolute atomic E-state index is 0.00940. The van der Waals surface area contributed by atoms with Crippen molar-refractivity contribution in [1.29, 1.82) is 0 Å². The van der Waals surface area contributed by atoms with Gasteiger partial charge >= 0.3 is 0 Å². The van der Waals surface area contributed by atoms with Crippen LogP contribution in [0.15, 0.2) is 47.4 Å². The lowest BCUT2D eigenvalue weighted by Gasteiger charge is -2.08. The van der Waals surface area contributed by atoms with Gasteiger partial charge in [0.2, 0.25) is 0 Å². The Morgan fingerprint density at radius 2 is 2.10 bits per heavy atom. The van der Waals surface area contributed by atoms with Crippen molar-refractivity contribution in [2.24, 2.45) is 0 Å². The maximum absolute atomic E-state index is 10.7. The largest absolute Gasteiger partial charge is 0.389 e. The second-order valence-electron chi connectivity index (χ2n) is 4.57. The first kappa shape index (κ1) is 15.8. The molecule has 0 aliphatic heterocycles. The normalized spacial score (nSPS) is 12.1. The molecule has 1 N–H and O–H groups in total. The zero-order chi connectivity index (χ0) is 15.4. The summed E-state index contributed by atoms with van der Waals surface area (Å²) >= 11 is 7.63. The van der Waals surface area contributed by atoms with Crippen LogP contribution >= 0.6 is 23.4 Å². The first-order chi connectivity index (χ1) is 9.97. The number of hydrogen-bond acceptors (Lipinski definition) is 4. The van der Waals surface area contributed by atoms with Crippen LogP contribution in [0.3, 0.4) is 0 Å². The molecule has 0 saturated carbocycles. The second-order valence-corrected chi connectivity index (χ2v) is 6.03. The molecule has 0 fully saturated rings. The van der Waals surface area contributed by atoms with Crippen LogP contribution in [0.1, 0.15) is 24.2 Å². The Morgan fingerprint density at radius 1 is 1.33 bits per heavy atom. The van der Waals surface area contributed by atoms with E-state index in [1.54, 1.807) is 24.8 Å². The van der Waals surface area contributed by atoms with Crippen LogP contribution < -0.4 is 0 Å².